The van der Waals surface area contributed by atoms with Crippen molar-refractivity contribution < 1.29 is 22.7 Å². The molecule has 0 bridgehead atoms. The Hall–Kier alpha value is -3.06. The molecule has 3 aromatic carbocycles. The van der Waals surface area contributed by atoms with E-state index in [1.807, 2.05) is 6.07 Å². The van der Waals surface area contributed by atoms with Crippen molar-refractivity contribution in [3.8, 4) is 5.75 Å². The lowest BCUT2D eigenvalue weighted by molar-refractivity contribution is -0.137. The van der Waals surface area contributed by atoms with Crippen molar-refractivity contribution in [1.29, 1.82) is 0 Å². The van der Waals surface area contributed by atoms with E-state index in [2.05, 4.69) is 5.32 Å². The number of para-hydroxylation sites is 2. The van der Waals surface area contributed by atoms with Crippen molar-refractivity contribution in [2.45, 2.75) is 11.9 Å². The zero-order valence-corrected chi connectivity index (χ0v) is 16.1. The zero-order valence-electron chi connectivity index (χ0n) is 15.2. The number of ether oxygens (including phenoxy) is 1. The Kier molecular flexibility index (Phi) is 6.72. The number of alkyl halides is 3. The lowest BCUT2D eigenvalue weighted by Crippen LogP contribution is -2.11. The summed E-state index contributed by atoms with van der Waals surface area (Å²) in [5.74, 6) is 0.519. The molecule has 0 spiro atoms. The molecule has 0 aliphatic heterocycles. The lowest BCUT2D eigenvalue weighted by Gasteiger charge is -2.09. The van der Waals surface area contributed by atoms with E-state index >= 15 is 0 Å². The van der Waals surface area contributed by atoms with Gasteiger partial charge < -0.3 is 10.1 Å². The van der Waals surface area contributed by atoms with E-state index in [1.54, 1.807) is 54.0 Å². The van der Waals surface area contributed by atoms with Crippen LogP contribution >= 0.6 is 11.4 Å². The zero-order chi connectivity index (χ0) is 20.7. The van der Waals surface area contributed by atoms with Crippen LogP contribution in [0.2, 0.25) is 0 Å². The van der Waals surface area contributed by atoms with Gasteiger partial charge in [-0.2, -0.15) is 24.5 Å². The van der Waals surface area contributed by atoms with Gasteiger partial charge in [0.2, 0.25) is 0 Å². The minimum Gasteiger partial charge on any atom is -0.423 e. The van der Waals surface area contributed by atoms with E-state index in [4.69, 9.17) is 4.74 Å². The van der Waals surface area contributed by atoms with Crippen LogP contribution in [0.3, 0.4) is 0 Å². The van der Waals surface area contributed by atoms with Crippen LogP contribution < -0.4 is 10.1 Å². The number of nitrogens with one attached hydrogen (secondary N) is 1. The summed E-state index contributed by atoms with van der Waals surface area (Å²) < 4.78 is 43.2. The normalized spacial score (nSPS) is 11.7. The van der Waals surface area contributed by atoms with Crippen LogP contribution in [-0.4, -0.2) is 11.5 Å². The first kappa shape index (κ1) is 20.7. The summed E-state index contributed by atoms with van der Waals surface area (Å²) in [6.45, 7) is 0. The molecule has 3 aromatic rings. The number of carbonyl (C=O) groups is 1. The Morgan fingerprint density at radius 1 is 0.931 bits per heavy atom. The van der Waals surface area contributed by atoms with Crippen molar-refractivity contribution >= 4 is 28.5 Å². The smallest absolute Gasteiger partial charge is 0.416 e. The summed E-state index contributed by atoms with van der Waals surface area (Å²) in [6, 6.07) is 20.8. The number of thiol groups is 1. The summed E-state index contributed by atoms with van der Waals surface area (Å²) in [7, 11) is 0. The average molecular weight is 417 g/mol. The van der Waals surface area contributed by atoms with E-state index in [1.165, 1.54) is 12.1 Å². The minimum atomic E-state index is -4.33. The van der Waals surface area contributed by atoms with E-state index < -0.39 is 17.7 Å². The predicted octanol–water partition coefficient (Wildman–Crippen LogP) is 5.76. The number of hydrogen-bond donors (Lipinski definition) is 2. The molecule has 1 N–H and O–H groups in total. The van der Waals surface area contributed by atoms with Gasteiger partial charge in [0.1, 0.15) is 5.75 Å². The first-order valence-electron chi connectivity index (χ1n) is 8.71. The van der Waals surface area contributed by atoms with Crippen molar-refractivity contribution in [3.63, 3.8) is 0 Å². The number of rotatable bonds is 6. The molecule has 0 aliphatic carbocycles. The number of hydrogen-bond acceptors (Lipinski definition) is 2. The molecule has 0 heterocycles. The van der Waals surface area contributed by atoms with Gasteiger partial charge in [0.05, 0.1) is 16.8 Å². The van der Waals surface area contributed by atoms with Gasteiger partial charge in [0, 0.05) is 11.2 Å². The van der Waals surface area contributed by atoms with Crippen LogP contribution in [0.1, 0.15) is 21.5 Å². The van der Waals surface area contributed by atoms with Gasteiger partial charge in [-0.1, -0.05) is 42.5 Å². The highest BCUT2D eigenvalue weighted by molar-refractivity contribution is 7.96. The van der Waals surface area contributed by atoms with Crippen molar-refractivity contribution in [2.75, 3.05) is 5.32 Å². The first-order chi connectivity index (χ1) is 13.9. The summed E-state index contributed by atoms with van der Waals surface area (Å²) in [5, 5.41) is 3.07. The van der Waals surface area contributed by atoms with Crippen LogP contribution in [0, 0.1) is 0 Å². The van der Waals surface area contributed by atoms with Crippen LogP contribution in [0.15, 0.2) is 78.9 Å². The van der Waals surface area contributed by atoms with Crippen LogP contribution in [0.5, 0.6) is 5.75 Å². The Bertz CT molecular complexity index is 987. The molecule has 3 nitrogen and oxygen atoms in total. The summed E-state index contributed by atoms with van der Waals surface area (Å²) in [5.41, 5.74) is 2.85. The van der Waals surface area contributed by atoms with E-state index in [0.29, 0.717) is 22.8 Å². The third kappa shape index (κ3) is 5.96. The Morgan fingerprint density at radius 3 is 2.28 bits per heavy atom. The molecule has 0 atom stereocenters. The summed E-state index contributed by atoms with van der Waals surface area (Å²) in [6.07, 6.45) is -4.33. The highest BCUT2D eigenvalue weighted by atomic mass is 32.1. The summed E-state index contributed by atoms with van der Waals surface area (Å²) >= 11 is 0.841. The van der Waals surface area contributed by atoms with Gasteiger partial charge in [0.15, 0.2) is 0 Å². The van der Waals surface area contributed by atoms with Crippen LogP contribution in [0.4, 0.5) is 18.9 Å². The Morgan fingerprint density at radius 2 is 1.59 bits per heavy atom. The maximum atomic E-state index is 12.6. The highest BCUT2D eigenvalue weighted by Gasteiger charge is 2.29. The second-order valence-electron chi connectivity index (χ2n) is 6.06. The fourth-order valence-electron chi connectivity index (χ4n) is 2.50. The summed E-state index contributed by atoms with van der Waals surface area (Å²) in [4.78, 5) is 12.4. The van der Waals surface area contributed by atoms with Crippen LogP contribution in [-0.2, 0) is 11.9 Å². The molecule has 0 unspecified atom stereocenters. The molecular weight excluding hydrogens is 399 g/mol. The minimum absolute atomic E-state index is 0.386. The van der Waals surface area contributed by atoms with Gasteiger partial charge in [-0.15, -0.1) is 0 Å². The van der Waals surface area contributed by atoms with E-state index in [0.717, 1.165) is 29.0 Å². The molecular formula is C22H18F3NO2S. The highest BCUT2D eigenvalue weighted by Crippen LogP contribution is 2.29. The van der Waals surface area contributed by atoms with Gasteiger partial charge in [-0.3, -0.25) is 0 Å². The van der Waals surface area contributed by atoms with Gasteiger partial charge >= 0.3 is 12.1 Å². The van der Waals surface area contributed by atoms with Gasteiger partial charge in [-0.05, 0) is 42.0 Å². The number of carbonyl (C=O) groups excluding carboxylic acids is 1. The SMILES string of the molecule is O=C(Oc1ccccc1)c1ccccc1NC=[SH]Cc1ccc(C(F)(F)F)cc1. The molecule has 0 aliphatic rings. The molecule has 0 amide bonds. The first-order valence-corrected chi connectivity index (χ1v) is 9.85. The second-order valence-corrected chi connectivity index (χ2v) is 7.00. The van der Waals surface area contributed by atoms with E-state index in [-0.39, 0.29) is 0 Å². The fourth-order valence-corrected chi connectivity index (χ4v) is 3.25. The van der Waals surface area contributed by atoms with Crippen molar-refractivity contribution in [1.82, 2.24) is 0 Å². The van der Waals surface area contributed by atoms with Crippen LogP contribution in [0.25, 0.3) is 0 Å². The van der Waals surface area contributed by atoms with Gasteiger partial charge in [0.25, 0.3) is 0 Å². The number of benzene rings is 3. The molecule has 0 saturated carbocycles. The molecule has 0 radical (unpaired) electrons. The Labute approximate surface area is 170 Å². The monoisotopic (exact) mass is 417 g/mol. The fraction of sp³-hybridized carbons (Fsp3) is 0.0909. The quantitative estimate of drug-likeness (QED) is 0.232. The lowest BCUT2D eigenvalue weighted by atomic mass is 10.1. The number of anilines is 1. The molecule has 0 aromatic heterocycles. The standard InChI is InChI=1S/C22H18F3NO2S/c23-22(24,25)17-12-10-16(11-13-17)14-29-15-26-20-9-5-4-8-19(20)21(27)28-18-6-2-1-3-7-18/h1-13,15,26,29H,14H2. The Balaban J connectivity index is 1.61. The molecule has 7 heteroatoms. The predicted molar refractivity (Wildman–Crippen MR) is 112 cm³/mol. The average Bonchev–Trinajstić information content (AvgIpc) is 2.72. The van der Waals surface area contributed by atoms with Gasteiger partial charge in [-0.25, -0.2) is 4.79 Å². The molecule has 0 saturated heterocycles. The topological polar surface area (TPSA) is 38.3 Å². The number of esters is 1. The van der Waals surface area contributed by atoms with Crippen molar-refractivity contribution in [2.24, 2.45) is 0 Å². The van der Waals surface area contributed by atoms with Crippen molar-refractivity contribution in [3.05, 3.63) is 95.6 Å². The maximum Gasteiger partial charge on any atom is 0.416 e. The number of halogens is 3. The second kappa shape index (κ2) is 9.43. The molecule has 3 rings (SSSR count). The molecule has 29 heavy (non-hydrogen) atoms. The largest absolute Gasteiger partial charge is 0.423 e. The molecule has 0 fully saturated rings. The maximum absolute atomic E-state index is 12.6. The third-order valence-corrected chi connectivity index (χ3v) is 4.83. The molecule has 150 valence electrons. The third-order valence-electron chi connectivity index (χ3n) is 3.97. The van der Waals surface area contributed by atoms with E-state index in [9.17, 15) is 18.0 Å².